The van der Waals surface area contributed by atoms with Gasteiger partial charge in [0.15, 0.2) is 5.96 Å². The van der Waals surface area contributed by atoms with Gasteiger partial charge in [0.1, 0.15) is 0 Å². The van der Waals surface area contributed by atoms with Gasteiger partial charge in [0.25, 0.3) is 0 Å². The van der Waals surface area contributed by atoms with Crippen molar-refractivity contribution < 1.29 is 9.59 Å². The average Bonchev–Trinajstić information content (AvgIpc) is 2.57. The number of guanidine groups is 1. The maximum absolute atomic E-state index is 11.2. The van der Waals surface area contributed by atoms with Crippen LogP contribution in [0.15, 0.2) is 17.6 Å². The fourth-order valence-electron chi connectivity index (χ4n) is 1.18. The van der Waals surface area contributed by atoms with Gasteiger partial charge in [0.05, 0.1) is 19.6 Å². The Labute approximate surface area is 93.4 Å². The second-order valence-electron chi connectivity index (χ2n) is 3.14. The van der Waals surface area contributed by atoms with Gasteiger partial charge in [-0.05, 0) is 0 Å². The molecule has 0 radical (unpaired) electrons. The molecule has 0 aromatic heterocycles. The van der Waals surface area contributed by atoms with Crippen LogP contribution in [0.5, 0.6) is 0 Å². The molecule has 0 bridgehead atoms. The number of nitrogens with two attached hydrogens (primary N) is 1. The Hall–Kier alpha value is -2.05. The average molecular weight is 225 g/mol. The zero-order valence-electron chi connectivity index (χ0n) is 8.90. The van der Waals surface area contributed by atoms with E-state index in [0.717, 1.165) is 4.90 Å². The van der Waals surface area contributed by atoms with E-state index >= 15 is 0 Å². The number of imide groups is 1. The van der Waals surface area contributed by atoms with Crippen molar-refractivity contribution in [2.24, 2.45) is 10.7 Å². The molecule has 0 aromatic carbocycles. The molecule has 1 saturated heterocycles. The first-order valence-electron chi connectivity index (χ1n) is 4.88. The molecule has 1 heterocycles. The number of hydrogen-bond donors (Lipinski definition) is 3. The molecule has 0 aromatic rings. The second kappa shape index (κ2) is 5.74. The van der Waals surface area contributed by atoms with E-state index in [1.54, 1.807) is 6.08 Å². The first-order chi connectivity index (χ1) is 7.65. The number of hydrogen-bond acceptors (Lipinski definition) is 3. The number of nitrogens with one attached hydrogen (secondary N) is 2. The molecule has 7 heteroatoms. The molecule has 0 spiro atoms. The highest BCUT2D eigenvalue weighted by Crippen LogP contribution is 1.97. The van der Waals surface area contributed by atoms with Crippen LogP contribution in [0, 0.1) is 0 Å². The highest BCUT2D eigenvalue weighted by atomic mass is 16.2. The minimum absolute atomic E-state index is 0.0622. The molecule has 1 aliphatic rings. The number of nitrogens with zero attached hydrogens (tertiary/aromatic N) is 2. The van der Waals surface area contributed by atoms with Gasteiger partial charge in [-0.15, -0.1) is 6.58 Å². The molecular weight excluding hydrogens is 210 g/mol. The zero-order chi connectivity index (χ0) is 12.0. The molecule has 16 heavy (non-hydrogen) atoms. The number of rotatable bonds is 5. The van der Waals surface area contributed by atoms with Crippen molar-refractivity contribution >= 4 is 17.9 Å². The maximum atomic E-state index is 11.2. The van der Waals surface area contributed by atoms with Crippen molar-refractivity contribution in [1.29, 1.82) is 0 Å². The summed E-state index contributed by atoms with van der Waals surface area (Å²) in [6, 6.07) is -0.377. The third-order valence-corrected chi connectivity index (χ3v) is 1.97. The van der Waals surface area contributed by atoms with E-state index < -0.39 is 0 Å². The number of amides is 3. The van der Waals surface area contributed by atoms with Crippen LogP contribution in [-0.4, -0.2) is 49.0 Å². The fourth-order valence-corrected chi connectivity index (χ4v) is 1.18. The first kappa shape index (κ1) is 12.0. The monoisotopic (exact) mass is 225 g/mol. The summed E-state index contributed by atoms with van der Waals surface area (Å²) in [4.78, 5) is 27.4. The lowest BCUT2D eigenvalue weighted by atomic mass is 10.5. The predicted octanol–water partition coefficient (Wildman–Crippen LogP) is -1.37. The van der Waals surface area contributed by atoms with E-state index in [4.69, 9.17) is 5.73 Å². The highest BCUT2D eigenvalue weighted by molar-refractivity contribution is 6.01. The normalized spacial score (nSPS) is 16.2. The lowest BCUT2D eigenvalue weighted by molar-refractivity contribution is -0.124. The van der Waals surface area contributed by atoms with Gasteiger partial charge in [-0.25, -0.2) is 4.79 Å². The molecule has 0 saturated carbocycles. The molecular formula is C9H15N5O2. The third kappa shape index (κ3) is 3.26. The van der Waals surface area contributed by atoms with Crippen LogP contribution in [-0.2, 0) is 4.79 Å². The molecule has 7 nitrogen and oxygen atoms in total. The summed E-state index contributed by atoms with van der Waals surface area (Å²) >= 11 is 0. The molecule has 1 aliphatic heterocycles. The van der Waals surface area contributed by atoms with Crippen molar-refractivity contribution in [1.82, 2.24) is 15.5 Å². The summed E-state index contributed by atoms with van der Waals surface area (Å²) in [7, 11) is 0. The molecule has 88 valence electrons. The van der Waals surface area contributed by atoms with Gasteiger partial charge in [-0.2, -0.15) is 0 Å². The van der Waals surface area contributed by atoms with E-state index in [9.17, 15) is 9.59 Å². The van der Waals surface area contributed by atoms with Crippen LogP contribution in [0.3, 0.4) is 0 Å². The number of aliphatic imine (C=N–C) groups is 1. The van der Waals surface area contributed by atoms with Gasteiger partial charge in [-0.1, -0.05) is 6.08 Å². The summed E-state index contributed by atoms with van der Waals surface area (Å²) in [6.45, 7) is 4.63. The zero-order valence-corrected chi connectivity index (χ0v) is 8.90. The minimum Gasteiger partial charge on any atom is -0.370 e. The predicted molar refractivity (Wildman–Crippen MR) is 59.8 cm³/mol. The Bertz CT molecular complexity index is 310. The summed E-state index contributed by atoms with van der Waals surface area (Å²) in [5.74, 6) is 0.0322. The summed E-state index contributed by atoms with van der Waals surface area (Å²) in [6.07, 6.45) is 1.65. The number of urea groups is 1. The van der Waals surface area contributed by atoms with Gasteiger partial charge in [0, 0.05) is 6.54 Å². The Kier molecular flexibility index (Phi) is 4.31. The quantitative estimate of drug-likeness (QED) is 0.232. The Morgan fingerprint density at radius 2 is 2.44 bits per heavy atom. The van der Waals surface area contributed by atoms with E-state index in [2.05, 4.69) is 22.2 Å². The van der Waals surface area contributed by atoms with E-state index in [1.807, 2.05) is 0 Å². The molecule has 1 rings (SSSR count). The van der Waals surface area contributed by atoms with Crippen LogP contribution in [0.4, 0.5) is 4.79 Å². The van der Waals surface area contributed by atoms with E-state index in [1.165, 1.54) is 0 Å². The summed E-state index contributed by atoms with van der Waals surface area (Å²) in [5, 5.41) is 5.21. The summed E-state index contributed by atoms with van der Waals surface area (Å²) in [5.41, 5.74) is 5.50. The fraction of sp³-hybridized carbons (Fsp3) is 0.444. The smallest absolute Gasteiger partial charge is 0.324 e. The van der Waals surface area contributed by atoms with Crippen LogP contribution in [0.2, 0.25) is 0 Å². The molecule has 3 amide bonds. The second-order valence-corrected chi connectivity index (χ2v) is 3.14. The summed E-state index contributed by atoms with van der Waals surface area (Å²) < 4.78 is 0. The molecule has 0 atom stereocenters. The largest absolute Gasteiger partial charge is 0.370 e. The van der Waals surface area contributed by atoms with Crippen molar-refractivity contribution in [2.75, 3.05) is 26.2 Å². The molecule has 1 fully saturated rings. The first-order valence-corrected chi connectivity index (χ1v) is 4.88. The van der Waals surface area contributed by atoms with Crippen molar-refractivity contribution in [3.8, 4) is 0 Å². The van der Waals surface area contributed by atoms with Gasteiger partial charge in [-0.3, -0.25) is 14.7 Å². The number of carbonyl (C=O) groups excluding carboxylic acids is 2. The lowest BCUT2D eigenvalue weighted by Crippen LogP contribution is -2.35. The van der Waals surface area contributed by atoms with Crippen LogP contribution in [0.25, 0.3) is 0 Å². The van der Waals surface area contributed by atoms with E-state index in [-0.39, 0.29) is 37.5 Å². The molecule has 0 unspecified atom stereocenters. The Morgan fingerprint density at radius 1 is 1.69 bits per heavy atom. The van der Waals surface area contributed by atoms with Crippen LogP contribution >= 0.6 is 0 Å². The van der Waals surface area contributed by atoms with Crippen molar-refractivity contribution in [3.63, 3.8) is 0 Å². The van der Waals surface area contributed by atoms with E-state index in [0.29, 0.717) is 6.54 Å². The van der Waals surface area contributed by atoms with Crippen molar-refractivity contribution in [2.45, 2.75) is 0 Å². The Morgan fingerprint density at radius 3 is 3.00 bits per heavy atom. The Balaban J connectivity index is 2.31. The van der Waals surface area contributed by atoms with Crippen LogP contribution < -0.4 is 16.4 Å². The van der Waals surface area contributed by atoms with Crippen molar-refractivity contribution in [3.05, 3.63) is 12.7 Å². The minimum atomic E-state index is -0.377. The highest BCUT2D eigenvalue weighted by Gasteiger charge is 2.27. The maximum Gasteiger partial charge on any atom is 0.324 e. The van der Waals surface area contributed by atoms with Gasteiger partial charge in [0.2, 0.25) is 5.91 Å². The third-order valence-electron chi connectivity index (χ3n) is 1.97. The molecule has 0 aliphatic carbocycles. The van der Waals surface area contributed by atoms with Gasteiger partial charge >= 0.3 is 6.03 Å². The topological polar surface area (TPSA) is 99.8 Å². The van der Waals surface area contributed by atoms with Crippen LogP contribution in [0.1, 0.15) is 0 Å². The van der Waals surface area contributed by atoms with Gasteiger partial charge < -0.3 is 16.4 Å². The SMILES string of the molecule is C=CCNC(N)=NCCN1C(=O)CNC1=O. The number of carbonyl (C=O) groups is 2. The lowest BCUT2D eigenvalue weighted by Gasteiger charge is -2.10. The standard InChI is InChI=1S/C9H15N5O2/c1-2-3-11-8(10)12-4-5-14-7(15)6-13-9(14)16/h2H,1,3-6H2,(H,13,16)(H3,10,11,12). The molecule has 4 N–H and O–H groups in total.